The number of carbonyl (C=O) groups excluding carboxylic acids is 5. The number of ketones is 1. The number of aryl methyl sites for hydroxylation is 1. The van der Waals surface area contributed by atoms with Crippen molar-refractivity contribution in [3.8, 4) is 0 Å². The third-order valence-corrected chi connectivity index (χ3v) is 11.0. The highest BCUT2D eigenvalue weighted by Crippen LogP contribution is 2.53. The van der Waals surface area contributed by atoms with Gasteiger partial charge in [-0.05, 0) is 106 Å². The number of benzene rings is 2. The lowest BCUT2D eigenvalue weighted by atomic mass is 9.54. The highest BCUT2D eigenvalue weighted by molar-refractivity contribution is 6.16. The Balaban J connectivity index is 1.11. The average molecular weight is 673 g/mol. The number of nitrogens with zero attached hydrogens (tertiary/aromatic N) is 2. The lowest BCUT2D eigenvalue weighted by molar-refractivity contribution is -0.148. The zero-order valence-electron chi connectivity index (χ0n) is 28.0. The molecule has 7 rings (SSSR count). The molecule has 4 aliphatic carbocycles. The Morgan fingerprint density at radius 1 is 0.918 bits per heavy atom. The van der Waals surface area contributed by atoms with E-state index in [1.165, 1.54) is 11.3 Å². The Morgan fingerprint density at radius 2 is 1.53 bits per heavy atom. The van der Waals surface area contributed by atoms with Crippen molar-refractivity contribution in [3.05, 3.63) is 59.7 Å². The summed E-state index contributed by atoms with van der Waals surface area (Å²) in [5, 5.41) is 18.2. The van der Waals surface area contributed by atoms with Gasteiger partial charge in [0.2, 0.25) is 5.91 Å². The monoisotopic (exact) mass is 672 g/mol. The largest absolute Gasteiger partial charge is 0.481 e. The van der Waals surface area contributed by atoms with Crippen LogP contribution in [0.1, 0.15) is 63.5 Å². The van der Waals surface area contributed by atoms with Crippen LogP contribution in [0.2, 0.25) is 0 Å². The first kappa shape index (κ1) is 34.1. The Bertz CT molecular complexity index is 1660. The second kappa shape index (κ2) is 12.9. The number of nitrogens with one attached hydrogen (secondary N) is 3. The van der Waals surface area contributed by atoms with E-state index < -0.39 is 59.7 Å². The fourth-order valence-corrected chi connectivity index (χ4v) is 8.47. The normalized spacial score (nSPS) is 26.3. The summed E-state index contributed by atoms with van der Waals surface area (Å²) in [7, 11) is 0. The van der Waals surface area contributed by atoms with Gasteiger partial charge in [-0.3, -0.25) is 24.1 Å². The number of aliphatic carboxylic acids is 1. The summed E-state index contributed by atoms with van der Waals surface area (Å²) in [6.45, 7) is 4.16. The molecule has 13 nitrogen and oxygen atoms in total. The van der Waals surface area contributed by atoms with Crippen LogP contribution in [-0.2, 0) is 25.7 Å². The number of Topliss-reactive ketones (excluding diaryl/α,β-unsaturated/α-hetero) is 1. The number of hydrogen-bond acceptors (Lipinski definition) is 7. The van der Waals surface area contributed by atoms with Gasteiger partial charge >= 0.3 is 18.0 Å². The zero-order valence-corrected chi connectivity index (χ0v) is 28.0. The van der Waals surface area contributed by atoms with Gasteiger partial charge < -0.3 is 31.7 Å². The number of rotatable bonds is 11. The molecule has 260 valence electrons. The molecule has 6 N–H and O–H groups in total. The second-order valence-electron chi connectivity index (χ2n) is 14.8. The maximum atomic E-state index is 13.7. The van der Waals surface area contributed by atoms with Gasteiger partial charge in [0, 0.05) is 24.0 Å². The molecular weight excluding hydrogens is 628 g/mol. The molecule has 0 aromatic heterocycles. The third-order valence-electron chi connectivity index (χ3n) is 11.0. The number of hydrogen-bond donors (Lipinski definition) is 5. The molecule has 0 spiro atoms. The Morgan fingerprint density at radius 3 is 2.12 bits per heavy atom. The summed E-state index contributed by atoms with van der Waals surface area (Å²) < 4.78 is 0. The number of carboxylic acids is 1. The molecule has 1 heterocycles. The van der Waals surface area contributed by atoms with Gasteiger partial charge in [0.15, 0.2) is 11.3 Å². The summed E-state index contributed by atoms with van der Waals surface area (Å²) in [6, 6.07) is 12.8. The average Bonchev–Trinajstić information content (AvgIpc) is 3.19. The smallest absolute Gasteiger partial charge is 0.328 e. The van der Waals surface area contributed by atoms with Gasteiger partial charge in [-0.25, -0.2) is 9.59 Å². The molecular formula is C36H44N6O7. The van der Waals surface area contributed by atoms with Crippen LogP contribution in [0.4, 0.5) is 21.0 Å². The standard InChI is InChI=1S/C36H44N6O7/c1-20-6-4-5-7-27(20)39-33(48)38-26-10-8-21(9-11-26)18-42-34(49)41(32(47)35(42,2)3)19-28(43)36(37,17-29(44)45)31(46)40-30-24-13-22-12-23(15-24)16-25(30)14-22/h4-11,22-25,30H,12-19,37H2,1-3H3,(H,40,46)(H,44,45)(H2,38,39,48)/t22?,23?,24?,25?,30?,36-/m1/s1. The van der Waals surface area contributed by atoms with E-state index in [-0.39, 0.29) is 24.4 Å². The number of imide groups is 1. The van der Waals surface area contributed by atoms with E-state index in [0.29, 0.717) is 28.8 Å². The topological polar surface area (TPSA) is 191 Å². The van der Waals surface area contributed by atoms with Crippen LogP contribution in [-0.4, -0.2) is 74.2 Å². The van der Waals surface area contributed by atoms with Crippen LogP contribution in [0.15, 0.2) is 48.5 Å². The molecule has 2 aromatic rings. The molecule has 5 fully saturated rings. The summed E-state index contributed by atoms with van der Waals surface area (Å²) in [5.74, 6) is -2.20. The minimum atomic E-state index is -2.47. The first-order valence-electron chi connectivity index (χ1n) is 16.9. The molecule has 1 aliphatic heterocycles. The highest BCUT2D eigenvalue weighted by atomic mass is 16.4. The molecule has 0 unspecified atom stereocenters. The third kappa shape index (κ3) is 6.63. The number of urea groups is 2. The predicted molar refractivity (Wildman–Crippen MR) is 180 cm³/mol. The summed E-state index contributed by atoms with van der Waals surface area (Å²) in [6.07, 6.45) is 4.21. The predicted octanol–water partition coefficient (Wildman–Crippen LogP) is 3.86. The molecule has 13 heteroatoms. The fraction of sp³-hybridized carbons (Fsp3) is 0.500. The van der Waals surface area contributed by atoms with Gasteiger partial charge in [-0.2, -0.15) is 0 Å². The van der Waals surface area contributed by atoms with E-state index in [2.05, 4.69) is 16.0 Å². The highest BCUT2D eigenvalue weighted by Gasteiger charge is 2.55. The zero-order chi connectivity index (χ0) is 35.2. The van der Waals surface area contributed by atoms with Gasteiger partial charge in [0.25, 0.3) is 5.91 Å². The SMILES string of the molecule is Cc1ccccc1NC(=O)Nc1ccc(CN2C(=O)N(CC(=O)[C@](N)(CC(=O)O)C(=O)NC3C4CC5CC(C4)CC3C5)C(=O)C2(C)C)cc1. The van der Waals surface area contributed by atoms with E-state index in [1.54, 1.807) is 44.2 Å². The Kier molecular flexibility index (Phi) is 8.99. The van der Waals surface area contributed by atoms with Crippen LogP contribution in [0.5, 0.6) is 0 Å². The molecule has 1 saturated heterocycles. The van der Waals surface area contributed by atoms with Gasteiger partial charge in [-0.15, -0.1) is 0 Å². The molecule has 49 heavy (non-hydrogen) atoms. The first-order chi connectivity index (χ1) is 23.1. The number of amides is 6. The maximum Gasteiger partial charge on any atom is 0.328 e. The number of anilines is 2. The van der Waals surface area contributed by atoms with Crippen LogP contribution in [0, 0.1) is 30.6 Å². The van der Waals surface area contributed by atoms with Crippen LogP contribution < -0.4 is 21.7 Å². The number of nitrogens with two attached hydrogens (primary N) is 1. The van der Waals surface area contributed by atoms with Crippen molar-refractivity contribution in [3.63, 3.8) is 0 Å². The Labute approximate surface area is 284 Å². The van der Waals surface area contributed by atoms with Crippen molar-refractivity contribution >= 4 is 47.0 Å². The van der Waals surface area contributed by atoms with Crippen molar-refractivity contribution < 1.29 is 33.9 Å². The molecule has 4 saturated carbocycles. The number of carboxylic acid groups (broad SMARTS) is 1. The minimum absolute atomic E-state index is 0.00771. The van der Waals surface area contributed by atoms with E-state index in [9.17, 15) is 33.9 Å². The minimum Gasteiger partial charge on any atom is -0.481 e. The molecule has 6 amide bonds. The van der Waals surface area contributed by atoms with Crippen molar-refractivity contribution in [2.75, 3.05) is 17.2 Å². The van der Waals surface area contributed by atoms with E-state index >= 15 is 0 Å². The Hall–Kier alpha value is -4.78. The lowest BCUT2D eigenvalue weighted by Gasteiger charge is -2.54. The van der Waals surface area contributed by atoms with Gasteiger partial charge in [0.1, 0.15) is 5.54 Å². The molecule has 2 aromatic carbocycles. The molecule has 0 radical (unpaired) electrons. The second-order valence-corrected chi connectivity index (χ2v) is 14.8. The fourth-order valence-electron chi connectivity index (χ4n) is 8.47. The van der Waals surface area contributed by atoms with Crippen molar-refractivity contribution in [2.45, 2.75) is 83.0 Å². The molecule has 4 bridgehead atoms. The van der Waals surface area contributed by atoms with Crippen LogP contribution in [0.3, 0.4) is 0 Å². The quantitative estimate of drug-likeness (QED) is 0.176. The van der Waals surface area contributed by atoms with E-state index in [1.807, 2.05) is 25.1 Å². The summed E-state index contributed by atoms with van der Waals surface area (Å²) in [5.41, 5.74) is 5.28. The lowest BCUT2D eigenvalue weighted by Crippen LogP contribution is -2.66. The van der Waals surface area contributed by atoms with Gasteiger partial charge in [-0.1, -0.05) is 30.3 Å². The summed E-state index contributed by atoms with van der Waals surface area (Å²) in [4.78, 5) is 81.0. The molecule has 5 aliphatic rings. The van der Waals surface area contributed by atoms with Crippen LogP contribution >= 0.6 is 0 Å². The van der Waals surface area contributed by atoms with Crippen molar-refractivity contribution in [2.24, 2.45) is 29.4 Å². The maximum absolute atomic E-state index is 13.7. The van der Waals surface area contributed by atoms with Crippen LogP contribution in [0.25, 0.3) is 0 Å². The number of carbonyl (C=O) groups is 6. The van der Waals surface area contributed by atoms with E-state index in [0.717, 1.165) is 36.1 Å². The van der Waals surface area contributed by atoms with Crippen molar-refractivity contribution in [1.29, 1.82) is 0 Å². The van der Waals surface area contributed by atoms with Crippen molar-refractivity contribution in [1.82, 2.24) is 15.1 Å². The summed E-state index contributed by atoms with van der Waals surface area (Å²) >= 11 is 0. The molecule has 1 atom stereocenters. The first-order valence-corrected chi connectivity index (χ1v) is 16.9. The van der Waals surface area contributed by atoms with Gasteiger partial charge in [0.05, 0.1) is 13.0 Å². The van der Waals surface area contributed by atoms with E-state index in [4.69, 9.17) is 5.73 Å². The number of para-hydroxylation sites is 1.